The third-order valence-corrected chi connectivity index (χ3v) is 7.08. The minimum Gasteiger partial charge on any atom is -0.245 e. The number of imidazole rings is 1. The number of fused-ring (bicyclic) bond motifs is 1. The molecule has 4 nitrogen and oxygen atoms in total. The van der Waals surface area contributed by atoms with Crippen LogP contribution in [0, 0.1) is 20.8 Å². The minimum atomic E-state index is 0.513. The molecule has 0 spiro atoms. The first-order chi connectivity index (χ1) is 13.0. The fourth-order valence-corrected chi connectivity index (χ4v) is 5.40. The molecule has 0 saturated carbocycles. The third-order valence-electron chi connectivity index (χ3n) is 4.83. The Morgan fingerprint density at radius 2 is 1.89 bits per heavy atom. The van der Waals surface area contributed by atoms with Crippen molar-refractivity contribution in [3.8, 4) is 10.6 Å². The Bertz CT molecular complexity index is 964. The van der Waals surface area contributed by atoms with Crippen LogP contribution >= 0.6 is 23.1 Å². The largest absolute Gasteiger partial charge is 0.245 e. The predicted octanol–water partition coefficient (Wildman–Crippen LogP) is 6.45. The van der Waals surface area contributed by atoms with Gasteiger partial charge in [-0.1, -0.05) is 19.9 Å². The van der Waals surface area contributed by atoms with E-state index in [-0.39, 0.29) is 0 Å². The Morgan fingerprint density at radius 3 is 2.56 bits per heavy atom. The first-order valence-corrected chi connectivity index (χ1v) is 11.4. The Balaban J connectivity index is 2.14. The van der Waals surface area contributed by atoms with E-state index in [1.807, 2.05) is 6.92 Å². The van der Waals surface area contributed by atoms with Gasteiger partial charge in [0.05, 0.1) is 22.0 Å². The molecular formula is C21H28N4S2. The number of hydrogen-bond acceptors (Lipinski definition) is 5. The van der Waals surface area contributed by atoms with Crippen LogP contribution in [0.15, 0.2) is 17.6 Å². The second-order valence-corrected chi connectivity index (χ2v) is 8.82. The number of thioether (sulfide) groups is 1. The maximum absolute atomic E-state index is 4.94. The van der Waals surface area contributed by atoms with E-state index in [0.29, 0.717) is 5.92 Å². The summed E-state index contributed by atoms with van der Waals surface area (Å²) in [5.74, 6) is 1.41. The van der Waals surface area contributed by atoms with Gasteiger partial charge in [0, 0.05) is 11.3 Å². The van der Waals surface area contributed by atoms with Gasteiger partial charge >= 0.3 is 0 Å². The van der Waals surface area contributed by atoms with Crippen molar-refractivity contribution in [2.75, 3.05) is 0 Å². The van der Waals surface area contributed by atoms with E-state index in [1.165, 1.54) is 10.4 Å². The van der Waals surface area contributed by atoms with Crippen LogP contribution in [0.1, 0.15) is 67.2 Å². The lowest BCUT2D eigenvalue weighted by molar-refractivity contribution is 0.638. The number of thiazole rings is 1. The maximum atomic E-state index is 4.94. The van der Waals surface area contributed by atoms with Crippen LogP contribution < -0.4 is 0 Å². The molecule has 0 unspecified atom stereocenters. The van der Waals surface area contributed by atoms with Crippen LogP contribution in [0.25, 0.3) is 16.2 Å². The van der Waals surface area contributed by atoms with Gasteiger partial charge in [-0.05, 0) is 57.9 Å². The van der Waals surface area contributed by atoms with Gasteiger partial charge in [-0.25, -0.2) is 14.5 Å². The van der Waals surface area contributed by atoms with Crippen LogP contribution in [0.2, 0.25) is 0 Å². The van der Waals surface area contributed by atoms with Crippen molar-refractivity contribution in [3.63, 3.8) is 0 Å². The van der Waals surface area contributed by atoms with Gasteiger partial charge in [0.1, 0.15) is 10.7 Å². The second kappa shape index (κ2) is 8.57. The third kappa shape index (κ3) is 3.97. The summed E-state index contributed by atoms with van der Waals surface area (Å²) in [6.45, 7) is 12.8. The number of allylic oxidation sites excluding steroid dienone is 1. The number of rotatable bonds is 7. The van der Waals surface area contributed by atoms with E-state index < -0.39 is 0 Å². The molecule has 3 aromatic heterocycles. The molecule has 3 rings (SSSR count). The minimum absolute atomic E-state index is 0.513. The molecule has 0 saturated heterocycles. The average molecular weight is 401 g/mol. The molecule has 0 aliphatic rings. The summed E-state index contributed by atoms with van der Waals surface area (Å²) in [7, 11) is 0. The zero-order valence-corrected chi connectivity index (χ0v) is 18.7. The van der Waals surface area contributed by atoms with Crippen LogP contribution in [0.3, 0.4) is 0 Å². The summed E-state index contributed by atoms with van der Waals surface area (Å²) in [6.07, 6.45) is 4.29. The van der Waals surface area contributed by atoms with Crippen molar-refractivity contribution in [1.82, 2.24) is 19.6 Å². The molecule has 0 aromatic carbocycles. The van der Waals surface area contributed by atoms with Gasteiger partial charge in [-0.3, -0.25) is 0 Å². The van der Waals surface area contributed by atoms with Gasteiger partial charge in [0.2, 0.25) is 0 Å². The molecular weight excluding hydrogens is 372 g/mol. The fraction of sp³-hybridized carbons (Fsp3) is 0.476. The van der Waals surface area contributed by atoms with Gasteiger partial charge in [0.15, 0.2) is 5.65 Å². The molecule has 0 bridgehead atoms. The highest BCUT2D eigenvalue weighted by Gasteiger charge is 2.22. The average Bonchev–Trinajstić information content (AvgIpc) is 3.15. The van der Waals surface area contributed by atoms with Crippen molar-refractivity contribution in [2.24, 2.45) is 0 Å². The Hall–Kier alpha value is -1.66. The molecule has 0 amide bonds. The quantitative estimate of drug-likeness (QED) is 0.457. The number of hydrogen-bond donors (Lipinski definition) is 0. The topological polar surface area (TPSA) is 43.1 Å². The van der Waals surface area contributed by atoms with Crippen LogP contribution in [0.4, 0.5) is 0 Å². The van der Waals surface area contributed by atoms with E-state index in [2.05, 4.69) is 56.7 Å². The van der Waals surface area contributed by atoms with Crippen molar-refractivity contribution in [2.45, 2.75) is 66.1 Å². The molecule has 144 valence electrons. The summed E-state index contributed by atoms with van der Waals surface area (Å²) in [5, 5.41) is 8.09. The molecule has 0 aliphatic heterocycles. The molecule has 0 atom stereocenters. The number of nitrogens with zero attached hydrogens (tertiary/aromatic N) is 4. The predicted molar refractivity (Wildman–Crippen MR) is 118 cm³/mol. The smallest absolute Gasteiger partial charge is 0.158 e. The Morgan fingerprint density at radius 1 is 1.15 bits per heavy atom. The maximum Gasteiger partial charge on any atom is 0.158 e. The molecule has 3 aromatic rings. The first kappa shape index (κ1) is 20.1. The highest BCUT2D eigenvalue weighted by atomic mass is 32.2. The Kier molecular flexibility index (Phi) is 6.37. The lowest BCUT2D eigenvalue weighted by Crippen LogP contribution is -2.05. The van der Waals surface area contributed by atoms with Crippen molar-refractivity contribution in [1.29, 1.82) is 0 Å². The molecule has 0 fully saturated rings. The summed E-state index contributed by atoms with van der Waals surface area (Å²) in [4.78, 5) is 10.9. The first-order valence-electron chi connectivity index (χ1n) is 9.56. The molecule has 6 heteroatoms. The van der Waals surface area contributed by atoms with Crippen molar-refractivity contribution >= 4 is 28.7 Å². The van der Waals surface area contributed by atoms with Crippen molar-refractivity contribution < 1.29 is 0 Å². The molecule has 0 radical (unpaired) electrons. The van der Waals surface area contributed by atoms with Crippen LogP contribution in [-0.2, 0) is 5.75 Å². The SMILES string of the molecule is C/C=C\SCc1nc(C)c(-c2c(C)nc3c(C(CC)CC)cc(C)nn23)s1. The van der Waals surface area contributed by atoms with Gasteiger partial charge in [0.25, 0.3) is 0 Å². The van der Waals surface area contributed by atoms with Crippen molar-refractivity contribution in [3.05, 3.63) is 45.2 Å². The molecule has 0 N–H and O–H groups in total. The number of aromatic nitrogens is 4. The zero-order chi connectivity index (χ0) is 19.6. The van der Waals surface area contributed by atoms with Gasteiger partial charge < -0.3 is 0 Å². The lowest BCUT2D eigenvalue weighted by Gasteiger charge is -2.14. The second-order valence-electron chi connectivity index (χ2n) is 6.84. The van der Waals surface area contributed by atoms with E-state index in [4.69, 9.17) is 15.1 Å². The zero-order valence-electron chi connectivity index (χ0n) is 17.0. The standard InChI is InChI=1S/C21H28N4S2/c1-7-10-26-12-18-22-15(6)20(27-18)19-14(5)23-21-17(16(8-2)9-3)11-13(4)24-25(19)21/h7,10-11,16H,8-9,12H2,1-6H3/b10-7-. The van der Waals surface area contributed by atoms with Gasteiger partial charge in [-0.2, -0.15) is 5.10 Å². The highest BCUT2D eigenvalue weighted by molar-refractivity contribution is 8.01. The van der Waals surface area contributed by atoms with Crippen LogP contribution in [-0.4, -0.2) is 19.6 Å². The summed E-state index contributed by atoms with van der Waals surface area (Å²) < 4.78 is 2.06. The van der Waals surface area contributed by atoms with E-state index in [1.54, 1.807) is 23.1 Å². The molecule has 27 heavy (non-hydrogen) atoms. The summed E-state index contributed by atoms with van der Waals surface area (Å²) >= 11 is 3.54. The van der Waals surface area contributed by atoms with Gasteiger partial charge in [-0.15, -0.1) is 23.1 Å². The van der Waals surface area contributed by atoms with E-state index >= 15 is 0 Å². The Labute approximate surface area is 170 Å². The van der Waals surface area contributed by atoms with E-state index in [0.717, 1.165) is 52.0 Å². The molecule has 3 heterocycles. The number of aryl methyl sites for hydroxylation is 3. The monoisotopic (exact) mass is 400 g/mol. The highest BCUT2D eigenvalue weighted by Crippen LogP contribution is 2.36. The van der Waals surface area contributed by atoms with E-state index in [9.17, 15) is 0 Å². The molecule has 0 aliphatic carbocycles. The summed E-state index contributed by atoms with van der Waals surface area (Å²) in [5.41, 5.74) is 6.53. The fourth-order valence-electron chi connectivity index (χ4n) is 3.52. The van der Waals surface area contributed by atoms with Crippen LogP contribution in [0.5, 0.6) is 0 Å². The lowest BCUT2D eigenvalue weighted by atomic mass is 9.95. The normalized spacial score (nSPS) is 12.1. The summed E-state index contributed by atoms with van der Waals surface area (Å²) in [6, 6.07) is 2.21.